The maximum absolute atomic E-state index is 13.2. The lowest BCUT2D eigenvalue weighted by Crippen LogP contribution is -2.28. The predicted octanol–water partition coefficient (Wildman–Crippen LogP) is 6.26. The van der Waals surface area contributed by atoms with Crippen LogP contribution in [-0.4, -0.2) is 10.9 Å². The molecular weight excluding hydrogens is 356 g/mol. The zero-order valence-electron chi connectivity index (χ0n) is 18.3. The SMILES string of the molecule is CCc1ccc(C2(C(=O)Nc3ccc4[nH]c(C(C)(C)C)cc4c3)CC2)cc1CC. The molecule has 2 aromatic carbocycles. The number of aromatic amines is 1. The van der Waals surface area contributed by atoms with Crippen molar-refractivity contribution in [2.75, 3.05) is 5.32 Å². The first-order valence-corrected chi connectivity index (χ1v) is 10.8. The summed E-state index contributed by atoms with van der Waals surface area (Å²) in [4.78, 5) is 16.7. The van der Waals surface area contributed by atoms with Crippen molar-refractivity contribution in [1.82, 2.24) is 4.98 Å². The first-order valence-electron chi connectivity index (χ1n) is 10.8. The topological polar surface area (TPSA) is 44.9 Å². The number of hydrogen-bond donors (Lipinski definition) is 2. The number of H-pyrrole nitrogens is 1. The van der Waals surface area contributed by atoms with Crippen LogP contribution in [-0.2, 0) is 28.5 Å². The number of fused-ring (bicyclic) bond motifs is 1. The Kier molecular flexibility index (Phi) is 4.80. The molecule has 1 aromatic heterocycles. The Labute approximate surface area is 173 Å². The lowest BCUT2D eigenvalue weighted by molar-refractivity contribution is -0.118. The highest BCUT2D eigenvalue weighted by Gasteiger charge is 2.51. The highest BCUT2D eigenvalue weighted by molar-refractivity contribution is 6.02. The number of benzene rings is 2. The second-order valence-corrected chi connectivity index (χ2v) is 9.46. The fourth-order valence-corrected chi connectivity index (χ4v) is 4.23. The van der Waals surface area contributed by atoms with E-state index in [0.29, 0.717) is 0 Å². The lowest BCUT2D eigenvalue weighted by atomic mass is 9.90. The first kappa shape index (κ1) is 19.8. The zero-order valence-corrected chi connectivity index (χ0v) is 18.3. The summed E-state index contributed by atoms with van der Waals surface area (Å²) in [5, 5.41) is 4.33. The second kappa shape index (κ2) is 7.05. The van der Waals surface area contributed by atoms with Crippen molar-refractivity contribution in [2.24, 2.45) is 0 Å². The fourth-order valence-electron chi connectivity index (χ4n) is 4.23. The van der Waals surface area contributed by atoms with Gasteiger partial charge in [0.05, 0.1) is 5.41 Å². The zero-order chi connectivity index (χ0) is 20.8. The van der Waals surface area contributed by atoms with E-state index in [9.17, 15) is 4.79 Å². The summed E-state index contributed by atoms with van der Waals surface area (Å²) >= 11 is 0. The van der Waals surface area contributed by atoms with Gasteiger partial charge in [-0.05, 0) is 66.6 Å². The van der Waals surface area contributed by atoms with Crippen molar-refractivity contribution in [3.8, 4) is 0 Å². The van der Waals surface area contributed by atoms with E-state index in [0.717, 1.165) is 42.3 Å². The van der Waals surface area contributed by atoms with E-state index < -0.39 is 0 Å². The molecule has 3 aromatic rings. The highest BCUT2D eigenvalue weighted by Crippen LogP contribution is 2.49. The van der Waals surface area contributed by atoms with Gasteiger partial charge in [0.1, 0.15) is 0 Å². The number of aryl methyl sites for hydroxylation is 2. The van der Waals surface area contributed by atoms with Crippen LogP contribution in [0, 0.1) is 0 Å². The number of nitrogens with one attached hydrogen (secondary N) is 2. The molecule has 2 N–H and O–H groups in total. The van der Waals surface area contributed by atoms with Gasteiger partial charge in [0.25, 0.3) is 0 Å². The Balaban J connectivity index is 1.59. The Morgan fingerprint density at radius 3 is 2.34 bits per heavy atom. The summed E-state index contributed by atoms with van der Waals surface area (Å²) in [6.45, 7) is 11.0. The molecule has 3 heteroatoms. The Hall–Kier alpha value is -2.55. The number of carbonyl (C=O) groups excluding carboxylic acids is 1. The Morgan fingerprint density at radius 1 is 1.00 bits per heavy atom. The quantitative estimate of drug-likeness (QED) is 0.532. The molecule has 1 aliphatic rings. The van der Waals surface area contributed by atoms with Gasteiger partial charge in [-0.2, -0.15) is 0 Å². The molecule has 0 atom stereocenters. The van der Waals surface area contributed by atoms with Crippen molar-refractivity contribution in [3.63, 3.8) is 0 Å². The van der Waals surface area contributed by atoms with E-state index in [1.807, 2.05) is 6.07 Å². The molecule has 1 heterocycles. The molecular formula is C26H32N2O. The van der Waals surface area contributed by atoms with Gasteiger partial charge < -0.3 is 10.3 Å². The summed E-state index contributed by atoms with van der Waals surface area (Å²) in [6.07, 6.45) is 3.90. The minimum Gasteiger partial charge on any atom is -0.358 e. The predicted molar refractivity (Wildman–Crippen MR) is 122 cm³/mol. The van der Waals surface area contributed by atoms with Crippen molar-refractivity contribution in [3.05, 3.63) is 64.8 Å². The van der Waals surface area contributed by atoms with Crippen molar-refractivity contribution in [2.45, 2.75) is 71.1 Å². The number of amides is 1. The lowest BCUT2D eigenvalue weighted by Gasteiger charge is -2.18. The van der Waals surface area contributed by atoms with Crippen LogP contribution in [0.15, 0.2) is 42.5 Å². The maximum Gasteiger partial charge on any atom is 0.235 e. The summed E-state index contributed by atoms with van der Waals surface area (Å²) in [7, 11) is 0. The largest absolute Gasteiger partial charge is 0.358 e. The molecule has 4 rings (SSSR count). The number of anilines is 1. The molecule has 1 fully saturated rings. The van der Waals surface area contributed by atoms with E-state index >= 15 is 0 Å². The normalized spacial score (nSPS) is 15.5. The minimum atomic E-state index is -0.361. The Bertz CT molecular complexity index is 1060. The summed E-state index contributed by atoms with van der Waals surface area (Å²) in [6, 6.07) is 15.0. The van der Waals surface area contributed by atoms with E-state index in [1.54, 1.807) is 0 Å². The third-order valence-corrected chi connectivity index (χ3v) is 6.39. The standard InChI is InChI=1S/C26H32N2O/c1-6-17-8-9-20(14-18(17)7-2)26(12-13-26)24(29)27-21-10-11-22-19(15-21)16-23(28-22)25(3,4)5/h8-11,14-16,28H,6-7,12-13H2,1-5H3,(H,27,29). The molecule has 0 aliphatic heterocycles. The van der Waals surface area contributed by atoms with Crippen LogP contribution < -0.4 is 5.32 Å². The van der Waals surface area contributed by atoms with Gasteiger partial charge in [-0.15, -0.1) is 0 Å². The third kappa shape index (κ3) is 3.59. The minimum absolute atomic E-state index is 0.0716. The van der Waals surface area contributed by atoms with Crippen LogP contribution in [0.1, 0.15) is 69.8 Å². The maximum atomic E-state index is 13.2. The van der Waals surface area contributed by atoms with Gasteiger partial charge in [0.15, 0.2) is 0 Å². The molecule has 1 saturated carbocycles. The molecule has 29 heavy (non-hydrogen) atoms. The van der Waals surface area contributed by atoms with Crippen LogP contribution in [0.25, 0.3) is 10.9 Å². The van der Waals surface area contributed by atoms with Gasteiger partial charge in [-0.1, -0.05) is 52.8 Å². The van der Waals surface area contributed by atoms with Gasteiger partial charge in [-0.3, -0.25) is 4.79 Å². The van der Waals surface area contributed by atoms with E-state index in [2.05, 4.69) is 81.3 Å². The van der Waals surface area contributed by atoms with Gasteiger partial charge in [0.2, 0.25) is 5.91 Å². The van der Waals surface area contributed by atoms with Gasteiger partial charge in [0, 0.05) is 27.7 Å². The average Bonchev–Trinajstić information content (AvgIpc) is 3.39. The van der Waals surface area contributed by atoms with E-state index in [4.69, 9.17) is 0 Å². The molecule has 3 nitrogen and oxygen atoms in total. The number of rotatable bonds is 5. The molecule has 1 aliphatic carbocycles. The van der Waals surface area contributed by atoms with Crippen molar-refractivity contribution in [1.29, 1.82) is 0 Å². The monoisotopic (exact) mass is 388 g/mol. The van der Waals surface area contributed by atoms with E-state index in [-0.39, 0.29) is 16.7 Å². The van der Waals surface area contributed by atoms with Crippen molar-refractivity contribution >= 4 is 22.5 Å². The number of hydrogen-bond acceptors (Lipinski definition) is 1. The van der Waals surface area contributed by atoms with Crippen LogP contribution in [0.2, 0.25) is 0 Å². The smallest absolute Gasteiger partial charge is 0.235 e. The highest BCUT2D eigenvalue weighted by atomic mass is 16.2. The molecule has 0 saturated heterocycles. The number of aromatic nitrogens is 1. The summed E-state index contributed by atoms with van der Waals surface area (Å²) in [5.41, 5.74) is 6.82. The third-order valence-electron chi connectivity index (χ3n) is 6.39. The van der Waals surface area contributed by atoms with Crippen LogP contribution in [0.3, 0.4) is 0 Å². The molecule has 152 valence electrons. The molecule has 0 spiro atoms. The van der Waals surface area contributed by atoms with Crippen LogP contribution in [0.5, 0.6) is 0 Å². The molecule has 0 unspecified atom stereocenters. The average molecular weight is 389 g/mol. The second-order valence-electron chi connectivity index (χ2n) is 9.46. The molecule has 0 radical (unpaired) electrons. The fraction of sp³-hybridized carbons (Fsp3) is 0.423. The van der Waals surface area contributed by atoms with Crippen LogP contribution in [0.4, 0.5) is 5.69 Å². The molecule has 1 amide bonds. The van der Waals surface area contributed by atoms with Gasteiger partial charge >= 0.3 is 0 Å². The number of carbonyl (C=O) groups is 1. The summed E-state index contributed by atoms with van der Waals surface area (Å²) in [5.74, 6) is 0.120. The molecule has 0 bridgehead atoms. The summed E-state index contributed by atoms with van der Waals surface area (Å²) < 4.78 is 0. The van der Waals surface area contributed by atoms with Crippen LogP contribution >= 0.6 is 0 Å². The Morgan fingerprint density at radius 2 is 1.72 bits per heavy atom. The van der Waals surface area contributed by atoms with Crippen molar-refractivity contribution < 1.29 is 4.79 Å². The first-order chi connectivity index (χ1) is 13.8. The van der Waals surface area contributed by atoms with Gasteiger partial charge in [-0.25, -0.2) is 0 Å². The van der Waals surface area contributed by atoms with E-state index in [1.165, 1.54) is 22.4 Å².